The molecule has 3 nitrogen and oxygen atoms in total. The first-order chi connectivity index (χ1) is 21.6. The Hall–Kier alpha value is -5.54. The number of hydrogen-bond acceptors (Lipinski definition) is 3. The van der Waals surface area contributed by atoms with E-state index in [9.17, 15) is 0 Å². The highest BCUT2D eigenvalue weighted by molar-refractivity contribution is 5.97. The van der Waals surface area contributed by atoms with Crippen LogP contribution in [-0.4, -0.2) is 0 Å². The Morgan fingerprint density at radius 3 is 1.36 bits per heavy atom. The summed E-state index contributed by atoms with van der Waals surface area (Å²) < 4.78 is 6.84. The fourth-order valence-electron chi connectivity index (χ4n) is 6.78. The molecule has 1 aliphatic carbocycles. The van der Waals surface area contributed by atoms with Crippen molar-refractivity contribution >= 4 is 45.1 Å². The highest BCUT2D eigenvalue weighted by atomic mass is 16.3. The minimum Gasteiger partial charge on any atom is -0.456 e. The minimum absolute atomic E-state index is 0.196. The van der Waals surface area contributed by atoms with Crippen molar-refractivity contribution in [3.05, 3.63) is 169 Å². The number of rotatable bonds is 6. The Labute approximate surface area is 258 Å². The van der Waals surface area contributed by atoms with Gasteiger partial charge in [0.2, 0.25) is 0 Å². The third-order valence-corrected chi connectivity index (χ3v) is 8.79. The van der Waals surface area contributed by atoms with Gasteiger partial charge >= 0.3 is 0 Å². The quantitative estimate of drug-likeness (QED) is 0.199. The van der Waals surface area contributed by atoms with Crippen LogP contribution >= 0.6 is 0 Å². The summed E-state index contributed by atoms with van der Waals surface area (Å²) in [6.07, 6.45) is 0. The third kappa shape index (κ3) is 4.20. The van der Waals surface area contributed by atoms with Crippen molar-refractivity contribution in [3.63, 3.8) is 0 Å². The van der Waals surface area contributed by atoms with Gasteiger partial charge in [0.1, 0.15) is 11.3 Å². The van der Waals surface area contributed by atoms with Gasteiger partial charge in [-0.05, 0) is 78.4 Å². The lowest BCUT2D eigenvalue weighted by Gasteiger charge is -2.27. The molecule has 0 unspecified atom stereocenters. The van der Waals surface area contributed by atoms with Crippen LogP contribution in [-0.2, 0) is 5.41 Å². The fraction of sp³-hybridized carbons (Fsp3) is 0.0732. The SMILES string of the molecule is CC1(C)c2ccc(N(c3ccccc3)c3ccccc3)cc2-c2oc3cc(N(c4ccccc4)c4ccccc4)ccc3c21. The molecule has 0 N–H and O–H groups in total. The fourth-order valence-corrected chi connectivity index (χ4v) is 6.78. The molecule has 1 aromatic heterocycles. The maximum absolute atomic E-state index is 6.84. The molecule has 1 aliphatic rings. The number of hydrogen-bond donors (Lipinski definition) is 0. The summed E-state index contributed by atoms with van der Waals surface area (Å²) in [5.41, 5.74) is 11.0. The lowest BCUT2D eigenvalue weighted by atomic mass is 9.81. The van der Waals surface area contributed by atoms with Crippen molar-refractivity contribution < 1.29 is 4.42 Å². The Balaban J connectivity index is 1.28. The smallest absolute Gasteiger partial charge is 0.139 e. The van der Waals surface area contributed by atoms with Crippen LogP contribution < -0.4 is 9.80 Å². The molecule has 7 aromatic rings. The number of fused-ring (bicyclic) bond motifs is 5. The van der Waals surface area contributed by atoms with Gasteiger partial charge in [0, 0.05) is 62.1 Å². The van der Waals surface area contributed by atoms with Gasteiger partial charge in [0.25, 0.3) is 0 Å². The van der Waals surface area contributed by atoms with E-state index in [1.165, 1.54) is 11.1 Å². The zero-order chi connectivity index (χ0) is 29.7. The normalized spacial score (nSPS) is 13.0. The maximum Gasteiger partial charge on any atom is 0.139 e. The van der Waals surface area contributed by atoms with E-state index in [0.717, 1.165) is 56.4 Å². The highest BCUT2D eigenvalue weighted by Crippen LogP contribution is 2.54. The van der Waals surface area contributed by atoms with Gasteiger partial charge in [-0.15, -0.1) is 0 Å². The lowest BCUT2D eigenvalue weighted by Crippen LogP contribution is -2.15. The second-order valence-corrected chi connectivity index (χ2v) is 11.9. The van der Waals surface area contributed by atoms with Crippen molar-refractivity contribution in [3.8, 4) is 11.3 Å². The summed E-state index contributed by atoms with van der Waals surface area (Å²) in [7, 11) is 0. The first kappa shape index (κ1) is 26.1. The van der Waals surface area contributed by atoms with Gasteiger partial charge in [0.05, 0.1) is 0 Å². The Morgan fingerprint density at radius 2 is 0.886 bits per heavy atom. The minimum atomic E-state index is -0.196. The Kier molecular flexibility index (Phi) is 6.13. The van der Waals surface area contributed by atoms with E-state index in [1.54, 1.807) is 0 Å². The molecule has 0 bridgehead atoms. The molecule has 6 aromatic carbocycles. The second kappa shape index (κ2) is 10.3. The van der Waals surface area contributed by atoms with Crippen LogP contribution in [0.4, 0.5) is 34.1 Å². The molecule has 0 atom stereocenters. The van der Waals surface area contributed by atoms with Crippen molar-refractivity contribution in [1.82, 2.24) is 0 Å². The molecule has 1 heterocycles. The molecule has 8 rings (SSSR count). The molecule has 0 saturated carbocycles. The first-order valence-corrected chi connectivity index (χ1v) is 15.1. The summed E-state index contributed by atoms with van der Waals surface area (Å²) in [4.78, 5) is 4.59. The van der Waals surface area contributed by atoms with Crippen LogP contribution in [0.15, 0.2) is 162 Å². The lowest BCUT2D eigenvalue weighted by molar-refractivity contribution is 0.619. The van der Waals surface area contributed by atoms with Crippen molar-refractivity contribution in [2.45, 2.75) is 19.3 Å². The Morgan fingerprint density at radius 1 is 0.455 bits per heavy atom. The molecule has 212 valence electrons. The summed E-state index contributed by atoms with van der Waals surface area (Å²) in [5.74, 6) is 0.964. The highest BCUT2D eigenvalue weighted by Gasteiger charge is 2.40. The number of benzene rings is 6. The zero-order valence-corrected chi connectivity index (χ0v) is 24.8. The van der Waals surface area contributed by atoms with Crippen LogP contribution in [0, 0.1) is 0 Å². The molecule has 0 saturated heterocycles. The van der Waals surface area contributed by atoms with Crippen molar-refractivity contribution in [2.24, 2.45) is 0 Å². The van der Waals surface area contributed by atoms with Crippen molar-refractivity contribution in [2.75, 3.05) is 9.80 Å². The molecule has 0 spiro atoms. The molecule has 3 heteroatoms. The molecule has 0 amide bonds. The number of furan rings is 1. The standard InChI is InChI=1S/C41H32N2O/c1-41(2)37-26-24-33(42(29-15-7-3-8-16-29)30-17-9-4-10-18-30)27-36(37)40-39(41)35-25-23-34(28-38(35)44-40)43(31-19-11-5-12-20-31)32-21-13-6-14-22-32/h3-28H,1-2H3. The predicted molar refractivity (Wildman–Crippen MR) is 183 cm³/mol. The first-order valence-electron chi connectivity index (χ1n) is 15.1. The van der Waals surface area contributed by atoms with Crippen LogP contribution in [0.3, 0.4) is 0 Å². The van der Waals surface area contributed by atoms with Crippen LogP contribution in [0.25, 0.3) is 22.3 Å². The van der Waals surface area contributed by atoms with E-state index >= 15 is 0 Å². The molecule has 0 radical (unpaired) electrons. The van der Waals surface area contributed by atoms with E-state index < -0.39 is 0 Å². The monoisotopic (exact) mass is 568 g/mol. The molecule has 0 fully saturated rings. The van der Waals surface area contributed by atoms with Gasteiger partial charge in [-0.2, -0.15) is 0 Å². The van der Waals surface area contributed by atoms with Gasteiger partial charge in [-0.1, -0.05) is 92.7 Å². The van der Waals surface area contributed by atoms with Crippen LogP contribution in [0.1, 0.15) is 25.0 Å². The predicted octanol–water partition coefficient (Wildman–Crippen LogP) is 11.7. The summed E-state index contributed by atoms with van der Waals surface area (Å²) in [6, 6.07) is 55.6. The number of para-hydroxylation sites is 4. The summed E-state index contributed by atoms with van der Waals surface area (Å²) >= 11 is 0. The average Bonchev–Trinajstić information content (AvgIpc) is 3.56. The molecule has 44 heavy (non-hydrogen) atoms. The van der Waals surface area contributed by atoms with E-state index in [0.29, 0.717) is 0 Å². The second-order valence-electron chi connectivity index (χ2n) is 11.9. The summed E-state index contributed by atoms with van der Waals surface area (Å²) in [5, 5.41) is 1.16. The van der Waals surface area contributed by atoms with Gasteiger partial charge in [0.15, 0.2) is 0 Å². The van der Waals surface area contributed by atoms with E-state index in [-0.39, 0.29) is 5.41 Å². The largest absolute Gasteiger partial charge is 0.456 e. The molecular formula is C41H32N2O. The van der Waals surface area contributed by atoms with Gasteiger partial charge < -0.3 is 14.2 Å². The average molecular weight is 569 g/mol. The van der Waals surface area contributed by atoms with Gasteiger partial charge in [-0.25, -0.2) is 0 Å². The molecule has 0 aliphatic heterocycles. The van der Waals surface area contributed by atoms with E-state index in [2.05, 4.69) is 181 Å². The Bertz CT molecular complexity index is 2000. The summed E-state index contributed by atoms with van der Waals surface area (Å²) in [6.45, 7) is 4.62. The van der Waals surface area contributed by atoms with Gasteiger partial charge in [-0.3, -0.25) is 0 Å². The zero-order valence-electron chi connectivity index (χ0n) is 24.8. The van der Waals surface area contributed by atoms with E-state index in [4.69, 9.17) is 4.42 Å². The maximum atomic E-state index is 6.84. The van der Waals surface area contributed by atoms with Crippen molar-refractivity contribution in [1.29, 1.82) is 0 Å². The third-order valence-electron chi connectivity index (χ3n) is 8.79. The van der Waals surface area contributed by atoms with Crippen LogP contribution in [0.2, 0.25) is 0 Å². The molecular weight excluding hydrogens is 536 g/mol. The van der Waals surface area contributed by atoms with E-state index in [1.807, 2.05) is 0 Å². The number of anilines is 6. The topological polar surface area (TPSA) is 19.6 Å². The number of nitrogens with zero attached hydrogens (tertiary/aromatic N) is 2. The van der Waals surface area contributed by atoms with Crippen LogP contribution in [0.5, 0.6) is 0 Å².